The van der Waals surface area contributed by atoms with Crippen molar-refractivity contribution < 1.29 is 13.9 Å². The van der Waals surface area contributed by atoms with Crippen molar-refractivity contribution in [1.29, 1.82) is 0 Å². The van der Waals surface area contributed by atoms with Gasteiger partial charge in [0, 0.05) is 16.6 Å². The number of hydrogen-bond acceptors (Lipinski definition) is 3. The highest BCUT2D eigenvalue weighted by Gasteiger charge is 2.10. The van der Waals surface area contributed by atoms with Crippen LogP contribution in [0.15, 0.2) is 40.9 Å². The zero-order valence-corrected chi connectivity index (χ0v) is 13.3. The SMILES string of the molecule is CCOc1cccc(CN)c1OCc1cc(F)cc(Br)c1. The lowest BCUT2D eigenvalue weighted by Gasteiger charge is -2.15. The molecule has 3 nitrogen and oxygen atoms in total. The Hall–Kier alpha value is -1.59. The third-order valence-electron chi connectivity index (χ3n) is 2.89. The zero-order chi connectivity index (χ0) is 15.2. The molecule has 2 rings (SSSR count). The predicted octanol–water partition coefficient (Wildman–Crippen LogP) is 4.02. The van der Waals surface area contributed by atoms with Crippen LogP contribution in [0.1, 0.15) is 18.1 Å². The molecule has 2 aromatic carbocycles. The van der Waals surface area contributed by atoms with Crippen LogP contribution in [-0.4, -0.2) is 6.61 Å². The fourth-order valence-electron chi connectivity index (χ4n) is 2.00. The molecule has 0 heterocycles. The lowest BCUT2D eigenvalue weighted by Crippen LogP contribution is -2.05. The number of para-hydroxylation sites is 1. The molecule has 0 spiro atoms. The monoisotopic (exact) mass is 353 g/mol. The first-order valence-corrected chi connectivity index (χ1v) is 7.46. The standard InChI is InChI=1S/C16H17BrFNO2/c1-2-20-15-5-3-4-12(9-19)16(15)21-10-11-6-13(17)8-14(18)7-11/h3-8H,2,9-10,19H2,1H3. The van der Waals surface area contributed by atoms with E-state index < -0.39 is 0 Å². The fraction of sp³-hybridized carbons (Fsp3) is 0.250. The molecule has 0 aliphatic rings. The van der Waals surface area contributed by atoms with E-state index in [0.717, 1.165) is 11.1 Å². The molecule has 5 heteroatoms. The molecule has 0 unspecified atom stereocenters. The lowest BCUT2D eigenvalue weighted by molar-refractivity contribution is 0.266. The Morgan fingerprint density at radius 3 is 2.67 bits per heavy atom. The van der Waals surface area contributed by atoms with Gasteiger partial charge in [0.05, 0.1) is 6.61 Å². The Morgan fingerprint density at radius 2 is 2.00 bits per heavy atom. The number of nitrogens with two attached hydrogens (primary N) is 1. The van der Waals surface area contributed by atoms with Crippen molar-refractivity contribution in [1.82, 2.24) is 0 Å². The van der Waals surface area contributed by atoms with Crippen molar-refractivity contribution in [2.45, 2.75) is 20.1 Å². The summed E-state index contributed by atoms with van der Waals surface area (Å²) in [5.74, 6) is 0.957. The van der Waals surface area contributed by atoms with Crippen LogP contribution in [0.4, 0.5) is 4.39 Å². The molecule has 21 heavy (non-hydrogen) atoms. The van der Waals surface area contributed by atoms with Crippen molar-refractivity contribution in [2.24, 2.45) is 5.73 Å². The highest BCUT2D eigenvalue weighted by molar-refractivity contribution is 9.10. The van der Waals surface area contributed by atoms with E-state index in [1.54, 1.807) is 0 Å². The Morgan fingerprint density at radius 1 is 1.19 bits per heavy atom. The summed E-state index contributed by atoms with van der Waals surface area (Å²) in [5, 5.41) is 0. The van der Waals surface area contributed by atoms with E-state index in [1.165, 1.54) is 12.1 Å². The first kappa shape index (κ1) is 15.8. The molecular formula is C16H17BrFNO2. The molecule has 0 aliphatic heterocycles. The molecule has 0 bridgehead atoms. The topological polar surface area (TPSA) is 44.5 Å². The molecule has 0 aromatic heterocycles. The first-order valence-electron chi connectivity index (χ1n) is 6.66. The molecule has 0 radical (unpaired) electrons. The van der Waals surface area contributed by atoms with Gasteiger partial charge in [0.1, 0.15) is 12.4 Å². The quantitative estimate of drug-likeness (QED) is 0.852. The first-order chi connectivity index (χ1) is 10.1. The minimum Gasteiger partial charge on any atom is -0.490 e. The molecular weight excluding hydrogens is 337 g/mol. The van der Waals surface area contributed by atoms with Crippen molar-refractivity contribution in [3.05, 3.63) is 57.8 Å². The molecule has 0 atom stereocenters. The molecule has 0 saturated heterocycles. The van der Waals surface area contributed by atoms with E-state index in [-0.39, 0.29) is 12.4 Å². The van der Waals surface area contributed by atoms with Crippen molar-refractivity contribution in [3.63, 3.8) is 0 Å². The summed E-state index contributed by atoms with van der Waals surface area (Å²) < 4.78 is 25.4. The maximum absolute atomic E-state index is 13.4. The van der Waals surface area contributed by atoms with Gasteiger partial charge in [-0.05, 0) is 36.8 Å². The highest BCUT2D eigenvalue weighted by atomic mass is 79.9. The van der Waals surface area contributed by atoms with Gasteiger partial charge in [-0.2, -0.15) is 0 Å². The number of rotatable bonds is 6. The minimum absolute atomic E-state index is 0.243. The molecule has 0 saturated carbocycles. The molecule has 0 aliphatic carbocycles. The van der Waals surface area contributed by atoms with Crippen LogP contribution in [0.25, 0.3) is 0 Å². The summed E-state index contributed by atoms with van der Waals surface area (Å²) in [4.78, 5) is 0. The van der Waals surface area contributed by atoms with Crippen molar-refractivity contribution in [3.8, 4) is 11.5 Å². The number of ether oxygens (including phenoxy) is 2. The van der Waals surface area contributed by atoms with Gasteiger partial charge in [0.2, 0.25) is 0 Å². The highest BCUT2D eigenvalue weighted by Crippen LogP contribution is 2.32. The average molecular weight is 354 g/mol. The fourth-order valence-corrected chi connectivity index (χ4v) is 2.52. The van der Waals surface area contributed by atoms with Crippen LogP contribution in [0, 0.1) is 5.82 Å². The van der Waals surface area contributed by atoms with E-state index in [2.05, 4.69) is 15.9 Å². The summed E-state index contributed by atoms with van der Waals surface area (Å²) in [5.41, 5.74) is 7.32. The van der Waals surface area contributed by atoms with E-state index in [9.17, 15) is 4.39 Å². The second-order valence-electron chi connectivity index (χ2n) is 4.45. The minimum atomic E-state index is -0.305. The normalized spacial score (nSPS) is 10.5. The molecule has 2 aromatic rings. The predicted molar refractivity (Wildman–Crippen MR) is 83.9 cm³/mol. The van der Waals surface area contributed by atoms with E-state index in [4.69, 9.17) is 15.2 Å². The van der Waals surface area contributed by atoms with Crippen molar-refractivity contribution in [2.75, 3.05) is 6.61 Å². The van der Waals surface area contributed by atoms with E-state index >= 15 is 0 Å². The summed E-state index contributed by atoms with van der Waals surface area (Å²) in [6.45, 7) is 3.04. The van der Waals surface area contributed by atoms with Crippen molar-refractivity contribution >= 4 is 15.9 Å². The summed E-state index contributed by atoms with van der Waals surface area (Å²) in [7, 11) is 0. The van der Waals surface area contributed by atoms with Gasteiger partial charge in [-0.3, -0.25) is 0 Å². The Bertz CT molecular complexity index is 599. The molecule has 0 amide bonds. The second-order valence-corrected chi connectivity index (χ2v) is 5.36. The molecule has 112 valence electrons. The largest absolute Gasteiger partial charge is 0.490 e. The zero-order valence-electron chi connectivity index (χ0n) is 11.7. The molecule has 2 N–H and O–H groups in total. The summed E-state index contributed by atoms with van der Waals surface area (Å²) in [6, 6.07) is 10.3. The Labute approximate surface area is 132 Å². The van der Waals surface area contributed by atoms with Crippen LogP contribution < -0.4 is 15.2 Å². The van der Waals surface area contributed by atoms with Crippen LogP contribution >= 0.6 is 15.9 Å². The van der Waals surface area contributed by atoms with Crippen LogP contribution in [0.3, 0.4) is 0 Å². The van der Waals surface area contributed by atoms with Gasteiger partial charge in [0.25, 0.3) is 0 Å². The maximum atomic E-state index is 13.4. The Balaban J connectivity index is 2.22. The number of benzene rings is 2. The smallest absolute Gasteiger partial charge is 0.166 e. The van der Waals surface area contributed by atoms with E-state index in [1.807, 2.05) is 31.2 Å². The molecule has 0 fully saturated rings. The van der Waals surface area contributed by atoms with Gasteiger partial charge in [-0.15, -0.1) is 0 Å². The number of hydrogen-bond donors (Lipinski definition) is 1. The van der Waals surface area contributed by atoms with Crippen LogP contribution in [0.5, 0.6) is 11.5 Å². The Kier molecular flexibility index (Phi) is 5.59. The summed E-state index contributed by atoms with van der Waals surface area (Å²) >= 11 is 3.27. The second kappa shape index (κ2) is 7.43. The maximum Gasteiger partial charge on any atom is 0.166 e. The number of halogens is 2. The van der Waals surface area contributed by atoms with Gasteiger partial charge in [-0.1, -0.05) is 28.1 Å². The van der Waals surface area contributed by atoms with Gasteiger partial charge >= 0.3 is 0 Å². The van der Waals surface area contributed by atoms with E-state index in [0.29, 0.717) is 29.1 Å². The van der Waals surface area contributed by atoms with Gasteiger partial charge < -0.3 is 15.2 Å². The third-order valence-corrected chi connectivity index (χ3v) is 3.34. The lowest BCUT2D eigenvalue weighted by atomic mass is 10.2. The van der Waals surface area contributed by atoms with Crippen LogP contribution in [0.2, 0.25) is 0 Å². The third kappa shape index (κ3) is 4.19. The van der Waals surface area contributed by atoms with Gasteiger partial charge in [0.15, 0.2) is 11.5 Å². The van der Waals surface area contributed by atoms with Gasteiger partial charge in [-0.25, -0.2) is 4.39 Å². The average Bonchev–Trinajstić information content (AvgIpc) is 2.45. The summed E-state index contributed by atoms with van der Waals surface area (Å²) in [6.07, 6.45) is 0. The van der Waals surface area contributed by atoms with Crippen LogP contribution in [-0.2, 0) is 13.2 Å².